The second-order valence-electron chi connectivity index (χ2n) is 6.51. The highest BCUT2D eigenvalue weighted by Crippen LogP contribution is 2.44. The topological polar surface area (TPSA) is 86.3 Å². The molecule has 6 nitrogen and oxygen atoms in total. The van der Waals surface area contributed by atoms with E-state index in [2.05, 4.69) is 9.97 Å². The van der Waals surface area contributed by atoms with Gasteiger partial charge in [-0.15, -0.1) is 0 Å². The van der Waals surface area contributed by atoms with Crippen molar-refractivity contribution in [3.8, 4) is 17.0 Å². The molecule has 25 heavy (non-hydrogen) atoms. The third-order valence-corrected chi connectivity index (χ3v) is 5.14. The summed E-state index contributed by atoms with van der Waals surface area (Å²) in [6, 6.07) is 10.3. The second-order valence-corrected chi connectivity index (χ2v) is 6.51. The Balaban J connectivity index is 1.80. The van der Waals surface area contributed by atoms with E-state index in [0.29, 0.717) is 22.2 Å². The third-order valence-electron chi connectivity index (χ3n) is 5.14. The van der Waals surface area contributed by atoms with E-state index >= 15 is 0 Å². The number of nitrogens with one attached hydrogen (secondary N) is 1. The lowest BCUT2D eigenvalue weighted by Gasteiger charge is -2.16. The number of hydrogen-bond donors (Lipinski definition) is 2. The molecule has 0 aliphatic carbocycles. The zero-order valence-corrected chi connectivity index (χ0v) is 13.3. The van der Waals surface area contributed by atoms with Gasteiger partial charge in [0.15, 0.2) is 0 Å². The minimum Gasteiger partial charge on any atom is -0.506 e. The lowest BCUT2D eigenvalue weighted by atomic mass is 9.94. The quantitative estimate of drug-likeness (QED) is 0.717. The largest absolute Gasteiger partial charge is 0.506 e. The first-order valence-electron chi connectivity index (χ1n) is 8.31. The van der Waals surface area contributed by atoms with E-state index in [9.17, 15) is 14.7 Å². The third kappa shape index (κ3) is 1.88. The molecule has 2 aliphatic heterocycles. The predicted octanol–water partition coefficient (Wildman–Crippen LogP) is 2.59. The van der Waals surface area contributed by atoms with Gasteiger partial charge in [-0.05, 0) is 36.6 Å². The van der Waals surface area contributed by atoms with Gasteiger partial charge < -0.3 is 15.0 Å². The average Bonchev–Trinajstić information content (AvgIpc) is 3.18. The molecule has 3 aromatic rings. The SMILES string of the molecule is O=C1c2cccc(-c3nc4c(O)cccc4[nH]c3=O)c2C2CCCN12. The van der Waals surface area contributed by atoms with Crippen molar-refractivity contribution in [3.05, 3.63) is 57.9 Å². The van der Waals surface area contributed by atoms with Crippen molar-refractivity contribution in [2.75, 3.05) is 6.54 Å². The first-order valence-corrected chi connectivity index (χ1v) is 8.31. The van der Waals surface area contributed by atoms with Gasteiger partial charge in [0.05, 0.1) is 11.6 Å². The van der Waals surface area contributed by atoms with Crippen LogP contribution in [0.5, 0.6) is 5.75 Å². The van der Waals surface area contributed by atoms with Crippen LogP contribution in [0.25, 0.3) is 22.3 Å². The maximum absolute atomic E-state index is 12.6. The minimum absolute atomic E-state index is 0.0139. The molecule has 2 aliphatic rings. The monoisotopic (exact) mass is 333 g/mol. The van der Waals surface area contributed by atoms with Crippen LogP contribution in [0.15, 0.2) is 41.2 Å². The van der Waals surface area contributed by atoms with E-state index in [1.54, 1.807) is 18.2 Å². The van der Waals surface area contributed by atoms with Gasteiger partial charge >= 0.3 is 0 Å². The first kappa shape index (κ1) is 14.2. The number of phenols is 1. The standard InChI is InChI=1S/C19H15N3O3/c23-14-8-2-6-12-17(14)21-16(18(24)20-12)10-4-1-5-11-15(10)13-7-3-9-22(13)19(11)25/h1-2,4-6,8,13,23H,3,7,9H2,(H,20,24). The number of aromatic hydroxyl groups is 1. The Morgan fingerprint density at radius 2 is 1.92 bits per heavy atom. The van der Waals surface area contributed by atoms with Crippen molar-refractivity contribution in [2.24, 2.45) is 0 Å². The fraction of sp³-hybridized carbons (Fsp3) is 0.211. The number of aromatic amines is 1. The van der Waals surface area contributed by atoms with E-state index in [1.165, 1.54) is 6.07 Å². The van der Waals surface area contributed by atoms with Crippen molar-refractivity contribution in [3.63, 3.8) is 0 Å². The summed E-state index contributed by atoms with van der Waals surface area (Å²) in [5, 5.41) is 10.1. The van der Waals surface area contributed by atoms with Crippen LogP contribution in [0.2, 0.25) is 0 Å². The van der Waals surface area contributed by atoms with Crippen LogP contribution in [-0.2, 0) is 0 Å². The molecule has 1 saturated heterocycles. The number of rotatable bonds is 1. The lowest BCUT2D eigenvalue weighted by Crippen LogP contribution is -2.22. The number of aromatic nitrogens is 2. The van der Waals surface area contributed by atoms with Gasteiger partial charge in [-0.3, -0.25) is 9.59 Å². The Labute approximate surface area is 142 Å². The normalized spacial score (nSPS) is 18.6. The number of fused-ring (bicyclic) bond motifs is 4. The molecule has 124 valence electrons. The summed E-state index contributed by atoms with van der Waals surface area (Å²) < 4.78 is 0. The number of para-hydroxylation sites is 1. The predicted molar refractivity (Wildman–Crippen MR) is 92.5 cm³/mol. The number of H-pyrrole nitrogens is 1. The summed E-state index contributed by atoms with van der Waals surface area (Å²) in [5.41, 5.74) is 2.97. The van der Waals surface area contributed by atoms with Gasteiger partial charge in [0, 0.05) is 17.7 Å². The van der Waals surface area contributed by atoms with Crippen LogP contribution in [0.3, 0.4) is 0 Å². The van der Waals surface area contributed by atoms with E-state index in [4.69, 9.17) is 0 Å². The summed E-state index contributed by atoms with van der Waals surface area (Å²) in [6.45, 7) is 0.750. The molecule has 2 N–H and O–H groups in total. The molecule has 0 saturated carbocycles. The number of amides is 1. The van der Waals surface area contributed by atoms with Gasteiger partial charge in [-0.1, -0.05) is 18.2 Å². The fourth-order valence-electron chi connectivity index (χ4n) is 4.06. The minimum atomic E-state index is -0.324. The van der Waals surface area contributed by atoms with Crippen molar-refractivity contribution in [1.29, 1.82) is 0 Å². The molecule has 3 heterocycles. The molecule has 0 bridgehead atoms. The maximum Gasteiger partial charge on any atom is 0.274 e. The number of benzene rings is 2. The van der Waals surface area contributed by atoms with Crippen LogP contribution in [0.4, 0.5) is 0 Å². The Morgan fingerprint density at radius 3 is 2.80 bits per heavy atom. The molecule has 2 aromatic carbocycles. The van der Waals surface area contributed by atoms with Crippen molar-refractivity contribution < 1.29 is 9.90 Å². The van der Waals surface area contributed by atoms with Gasteiger partial charge in [-0.2, -0.15) is 0 Å². The van der Waals surface area contributed by atoms with Crippen LogP contribution in [-0.4, -0.2) is 32.4 Å². The molecule has 5 rings (SSSR count). The molecule has 1 unspecified atom stereocenters. The molecule has 1 aromatic heterocycles. The van der Waals surface area contributed by atoms with Crippen LogP contribution in [0.1, 0.15) is 34.8 Å². The highest BCUT2D eigenvalue weighted by molar-refractivity contribution is 6.01. The molecular formula is C19H15N3O3. The Hall–Kier alpha value is -3.15. The number of carbonyl (C=O) groups is 1. The molecule has 1 amide bonds. The smallest absolute Gasteiger partial charge is 0.274 e. The zero-order chi connectivity index (χ0) is 17.1. The van der Waals surface area contributed by atoms with Crippen LogP contribution in [0, 0.1) is 0 Å². The fourth-order valence-corrected chi connectivity index (χ4v) is 4.06. The summed E-state index contributed by atoms with van der Waals surface area (Å²) in [4.78, 5) is 34.3. The molecule has 0 spiro atoms. The van der Waals surface area contributed by atoms with Gasteiger partial charge in [0.2, 0.25) is 0 Å². The molecule has 1 atom stereocenters. The van der Waals surface area contributed by atoms with Crippen molar-refractivity contribution >= 4 is 16.9 Å². The summed E-state index contributed by atoms with van der Waals surface area (Å²) in [6.07, 6.45) is 1.86. The highest BCUT2D eigenvalue weighted by Gasteiger charge is 2.41. The summed E-state index contributed by atoms with van der Waals surface area (Å²) >= 11 is 0. The average molecular weight is 333 g/mol. The highest BCUT2D eigenvalue weighted by atomic mass is 16.3. The Bertz CT molecular complexity index is 1100. The number of hydrogen-bond acceptors (Lipinski definition) is 4. The number of nitrogens with zero attached hydrogens (tertiary/aromatic N) is 2. The maximum atomic E-state index is 12.6. The molecule has 6 heteroatoms. The molecule has 0 radical (unpaired) electrons. The van der Waals surface area contributed by atoms with E-state index in [0.717, 1.165) is 24.9 Å². The van der Waals surface area contributed by atoms with Crippen molar-refractivity contribution in [1.82, 2.24) is 14.9 Å². The number of carbonyl (C=O) groups excluding carboxylic acids is 1. The number of phenolic OH excluding ortho intramolecular Hbond substituents is 1. The van der Waals surface area contributed by atoms with Crippen LogP contribution < -0.4 is 5.56 Å². The second kappa shape index (κ2) is 4.92. The van der Waals surface area contributed by atoms with Crippen LogP contribution >= 0.6 is 0 Å². The Morgan fingerprint density at radius 1 is 1.12 bits per heavy atom. The first-order chi connectivity index (χ1) is 12.1. The van der Waals surface area contributed by atoms with E-state index < -0.39 is 0 Å². The lowest BCUT2D eigenvalue weighted by molar-refractivity contribution is 0.0776. The van der Waals surface area contributed by atoms with Gasteiger partial charge in [-0.25, -0.2) is 4.98 Å². The Kier molecular flexibility index (Phi) is 2.80. The molecule has 1 fully saturated rings. The summed E-state index contributed by atoms with van der Waals surface area (Å²) in [7, 11) is 0. The van der Waals surface area contributed by atoms with E-state index in [1.807, 2.05) is 17.0 Å². The molecular weight excluding hydrogens is 318 g/mol. The van der Waals surface area contributed by atoms with Crippen molar-refractivity contribution in [2.45, 2.75) is 18.9 Å². The zero-order valence-electron chi connectivity index (χ0n) is 13.3. The summed E-state index contributed by atoms with van der Waals surface area (Å²) in [5.74, 6) is 0.0422. The van der Waals surface area contributed by atoms with Gasteiger partial charge in [0.1, 0.15) is 17.0 Å². The van der Waals surface area contributed by atoms with Gasteiger partial charge in [0.25, 0.3) is 11.5 Å². The van der Waals surface area contributed by atoms with E-state index in [-0.39, 0.29) is 29.0 Å².